The molecule has 1 aromatic carbocycles. The van der Waals surface area contributed by atoms with Crippen molar-refractivity contribution in [3.05, 3.63) is 42.0 Å². The van der Waals surface area contributed by atoms with Crippen LogP contribution in [-0.4, -0.2) is 0 Å². The number of allylic oxidation sites excluding steroid dienone is 1. The number of hydrogen-bond acceptors (Lipinski definition) is 0. The van der Waals surface area contributed by atoms with Crippen molar-refractivity contribution in [2.24, 2.45) is 0 Å². The van der Waals surface area contributed by atoms with E-state index in [9.17, 15) is 0 Å². The van der Waals surface area contributed by atoms with E-state index in [0.717, 1.165) is 0 Å². The second-order valence-corrected chi connectivity index (χ2v) is 1.91. The maximum absolute atomic E-state index is 2.08. The molecule has 0 nitrogen and oxygen atoms in total. The standard InChI is InChI=1S/C9H10.3C2H6/c1-2-6-9-7-4-3-5-8-9;3*1-2/h2-8H,1H3;3*1-2H3/b6-2+;;;. The summed E-state index contributed by atoms with van der Waals surface area (Å²) in [6.45, 7) is 14.0. The molecule has 88 valence electrons. The molecule has 0 atom stereocenters. The lowest BCUT2D eigenvalue weighted by Crippen LogP contribution is -1.65. The van der Waals surface area contributed by atoms with E-state index in [1.165, 1.54) is 5.56 Å². The molecule has 0 unspecified atom stereocenters. The van der Waals surface area contributed by atoms with Gasteiger partial charge in [0, 0.05) is 0 Å². The predicted octanol–water partition coefficient (Wildman–Crippen LogP) is 5.80. The van der Waals surface area contributed by atoms with E-state index < -0.39 is 0 Å². The average Bonchev–Trinajstić information content (AvgIpc) is 2.38. The summed E-state index contributed by atoms with van der Waals surface area (Å²) < 4.78 is 0. The minimum Gasteiger partial charge on any atom is -0.0871 e. The van der Waals surface area contributed by atoms with Crippen molar-refractivity contribution in [1.29, 1.82) is 0 Å². The Kier molecular flexibility index (Phi) is 30.0. The summed E-state index contributed by atoms with van der Waals surface area (Å²) in [7, 11) is 0. The van der Waals surface area contributed by atoms with Gasteiger partial charge in [0.2, 0.25) is 0 Å². The van der Waals surface area contributed by atoms with Crippen LogP contribution in [0.4, 0.5) is 0 Å². The maximum atomic E-state index is 2.08. The largest absolute Gasteiger partial charge is 0.0871 e. The Bertz CT molecular complexity index is 184. The van der Waals surface area contributed by atoms with Crippen molar-refractivity contribution in [3.8, 4) is 0 Å². The first kappa shape index (κ1) is 19.5. The minimum absolute atomic E-state index is 1.26. The number of benzene rings is 1. The topological polar surface area (TPSA) is 0 Å². The van der Waals surface area contributed by atoms with Crippen molar-refractivity contribution in [1.82, 2.24) is 0 Å². The molecule has 0 heteroatoms. The van der Waals surface area contributed by atoms with Crippen molar-refractivity contribution in [2.45, 2.75) is 48.5 Å². The summed E-state index contributed by atoms with van der Waals surface area (Å²) in [5.41, 5.74) is 1.26. The third kappa shape index (κ3) is 15.7. The van der Waals surface area contributed by atoms with Crippen molar-refractivity contribution in [2.75, 3.05) is 0 Å². The molecule has 15 heavy (non-hydrogen) atoms. The van der Waals surface area contributed by atoms with Gasteiger partial charge in [0.1, 0.15) is 0 Å². The van der Waals surface area contributed by atoms with Gasteiger partial charge < -0.3 is 0 Å². The maximum Gasteiger partial charge on any atom is -0.0260 e. The van der Waals surface area contributed by atoms with Crippen LogP contribution < -0.4 is 0 Å². The molecule has 0 bridgehead atoms. The highest BCUT2D eigenvalue weighted by molar-refractivity contribution is 5.47. The summed E-state index contributed by atoms with van der Waals surface area (Å²) in [6, 6.07) is 10.3. The molecular formula is C15H28. The van der Waals surface area contributed by atoms with Crippen LogP contribution in [0.1, 0.15) is 54.0 Å². The first-order valence-corrected chi connectivity index (χ1v) is 6.11. The van der Waals surface area contributed by atoms with Crippen molar-refractivity contribution >= 4 is 6.08 Å². The van der Waals surface area contributed by atoms with Crippen LogP contribution >= 0.6 is 0 Å². The number of hydrogen-bond donors (Lipinski definition) is 0. The Hall–Kier alpha value is -1.04. The molecule has 0 fully saturated rings. The van der Waals surface area contributed by atoms with Crippen LogP contribution in [0.2, 0.25) is 0 Å². The zero-order valence-corrected chi connectivity index (χ0v) is 11.5. The van der Waals surface area contributed by atoms with E-state index in [1.54, 1.807) is 0 Å². The van der Waals surface area contributed by atoms with Gasteiger partial charge in [-0.25, -0.2) is 0 Å². The Morgan fingerprint density at radius 2 is 1.13 bits per heavy atom. The lowest BCUT2D eigenvalue weighted by Gasteiger charge is -1.86. The third-order valence-electron chi connectivity index (χ3n) is 1.16. The molecule has 0 spiro atoms. The lowest BCUT2D eigenvalue weighted by atomic mass is 10.2. The van der Waals surface area contributed by atoms with Crippen LogP contribution in [0.5, 0.6) is 0 Å². The van der Waals surface area contributed by atoms with Crippen molar-refractivity contribution in [3.63, 3.8) is 0 Å². The Labute approximate surface area is 97.0 Å². The molecule has 0 saturated heterocycles. The summed E-state index contributed by atoms with van der Waals surface area (Å²) in [6.07, 6.45) is 4.12. The summed E-state index contributed by atoms with van der Waals surface area (Å²) in [5, 5.41) is 0. The molecule has 0 saturated carbocycles. The van der Waals surface area contributed by atoms with E-state index in [1.807, 2.05) is 72.7 Å². The first-order chi connectivity index (χ1) is 7.43. The Morgan fingerprint density at radius 1 is 0.733 bits per heavy atom. The van der Waals surface area contributed by atoms with Gasteiger partial charge in [-0.3, -0.25) is 0 Å². The van der Waals surface area contributed by atoms with Crippen LogP contribution in [0, 0.1) is 0 Å². The Balaban J connectivity index is -0.000000208. The molecule has 1 rings (SSSR count). The predicted molar refractivity (Wildman–Crippen MR) is 75.2 cm³/mol. The fourth-order valence-corrected chi connectivity index (χ4v) is 0.757. The van der Waals surface area contributed by atoms with E-state index >= 15 is 0 Å². The zero-order chi connectivity index (χ0) is 12.5. The molecule has 0 heterocycles. The molecule has 0 aliphatic heterocycles. The van der Waals surface area contributed by atoms with Crippen LogP contribution in [0.15, 0.2) is 36.4 Å². The number of rotatable bonds is 1. The quantitative estimate of drug-likeness (QED) is 0.547. The molecule has 0 radical (unpaired) electrons. The van der Waals surface area contributed by atoms with E-state index in [-0.39, 0.29) is 0 Å². The molecule has 0 amide bonds. The molecule has 0 aliphatic carbocycles. The van der Waals surface area contributed by atoms with Gasteiger partial charge in [0.05, 0.1) is 0 Å². The molecule has 0 aromatic heterocycles. The summed E-state index contributed by atoms with van der Waals surface area (Å²) in [4.78, 5) is 0. The van der Waals surface area contributed by atoms with Gasteiger partial charge in [-0.05, 0) is 12.5 Å². The first-order valence-electron chi connectivity index (χ1n) is 6.11. The van der Waals surface area contributed by atoms with Crippen LogP contribution in [0.3, 0.4) is 0 Å². The highest BCUT2D eigenvalue weighted by Gasteiger charge is 1.77. The van der Waals surface area contributed by atoms with Crippen LogP contribution in [-0.2, 0) is 0 Å². The summed E-state index contributed by atoms with van der Waals surface area (Å²) >= 11 is 0. The third-order valence-corrected chi connectivity index (χ3v) is 1.16. The van der Waals surface area contributed by atoms with Gasteiger partial charge in [0.15, 0.2) is 0 Å². The average molecular weight is 208 g/mol. The zero-order valence-electron chi connectivity index (χ0n) is 11.5. The molecule has 0 aliphatic rings. The Morgan fingerprint density at radius 3 is 1.47 bits per heavy atom. The monoisotopic (exact) mass is 208 g/mol. The van der Waals surface area contributed by atoms with E-state index in [2.05, 4.69) is 18.2 Å². The van der Waals surface area contributed by atoms with Gasteiger partial charge in [-0.1, -0.05) is 84.0 Å². The smallest absolute Gasteiger partial charge is 0.0260 e. The SMILES string of the molecule is C/C=C/c1ccccc1.CC.CC.CC. The second kappa shape index (κ2) is 23.1. The van der Waals surface area contributed by atoms with Crippen LogP contribution in [0.25, 0.3) is 6.08 Å². The highest BCUT2D eigenvalue weighted by Crippen LogP contribution is 1.99. The normalized spacial score (nSPS) is 7.40. The van der Waals surface area contributed by atoms with Crippen molar-refractivity contribution < 1.29 is 0 Å². The fourth-order valence-electron chi connectivity index (χ4n) is 0.757. The lowest BCUT2D eigenvalue weighted by molar-refractivity contribution is 1.50. The highest BCUT2D eigenvalue weighted by atomic mass is 13.8. The van der Waals surface area contributed by atoms with Gasteiger partial charge in [-0.2, -0.15) is 0 Å². The summed E-state index contributed by atoms with van der Waals surface area (Å²) in [5.74, 6) is 0. The fraction of sp³-hybridized carbons (Fsp3) is 0.467. The molecule has 0 N–H and O–H groups in total. The van der Waals surface area contributed by atoms with Gasteiger partial charge in [-0.15, -0.1) is 0 Å². The van der Waals surface area contributed by atoms with Gasteiger partial charge in [0.25, 0.3) is 0 Å². The van der Waals surface area contributed by atoms with E-state index in [0.29, 0.717) is 0 Å². The van der Waals surface area contributed by atoms with E-state index in [4.69, 9.17) is 0 Å². The molecular weight excluding hydrogens is 180 g/mol. The minimum atomic E-state index is 1.26. The second-order valence-electron chi connectivity index (χ2n) is 1.91. The van der Waals surface area contributed by atoms with Gasteiger partial charge >= 0.3 is 0 Å². The molecule has 1 aromatic rings.